The summed E-state index contributed by atoms with van der Waals surface area (Å²) in [6, 6.07) is 13.8. The number of piperidine rings is 1. The van der Waals surface area contributed by atoms with Crippen molar-refractivity contribution in [2.75, 3.05) is 13.1 Å². The largest absolute Gasteiger partial charge is 0.342 e. The monoisotopic (exact) mass is 403 g/mol. The maximum Gasteiger partial charge on any atom is 0.265 e. The number of nitrogens with one attached hydrogen (secondary N) is 1. The summed E-state index contributed by atoms with van der Waals surface area (Å²) in [5.74, 6) is 1.26. The van der Waals surface area contributed by atoms with Crippen molar-refractivity contribution in [2.45, 2.75) is 25.7 Å². The van der Waals surface area contributed by atoms with Crippen LogP contribution in [0.5, 0.6) is 0 Å². The summed E-state index contributed by atoms with van der Waals surface area (Å²) < 4.78 is 0. The van der Waals surface area contributed by atoms with E-state index in [1.54, 1.807) is 6.20 Å². The highest BCUT2D eigenvalue weighted by Gasteiger charge is 2.29. The molecule has 0 bridgehead atoms. The Kier molecular flexibility index (Phi) is 4.60. The number of aryl methyl sites for hydroxylation is 1. The number of hydrogen-bond acceptors (Lipinski definition) is 5. The number of imidazole rings is 1. The molecule has 1 aliphatic rings. The van der Waals surface area contributed by atoms with Crippen molar-refractivity contribution >= 4 is 28.3 Å². The Labute approximate surface area is 172 Å². The molecule has 1 N–H and O–H groups in total. The highest BCUT2D eigenvalue weighted by molar-refractivity contribution is 7.17. The van der Waals surface area contributed by atoms with Gasteiger partial charge in [-0.25, -0.2) is 9.97 Å². The fourth-order valence-electron chi connectivity index (χ4n) is 3.89. The number of hydrogen-bond donors (Lipinski definition) is 1. The first-order valence-electron chi connectivity index (χ1n) is 9.82. The van der Waals surface area contributed by atoms with Gasteiger partial charge in [-0.15, -0.1) is 11.3 Å². The van der Waals surface area contributed by atoms with Gasteiger partial charge in [0.05, 0.1) is 22.4 Å². The lowest BCUT2D eigenvalue weighted by Gasteiger charge is -2.31. The number of carbonyl (C=O) groups excluding carboxylic acids is 1. The number of benzene rings is 1. The molecule has 5 rings (SSSR count). The average Bonchev–Trinajstić information content (AvgIpc) is 3.38. The minimum atomic E-state index is 0.0583. The molecule has 1 atom stereocenters. The van der Waals surface area contributed by atoms with Crippen LogP contribution < -0.4 is 0 Å². The summed E-state index contributed by atoms with van der Waals surface area (Å²) >= 11 is 1.43. The van der Waals surface area contributed by atoms with E-state index in [0.717, 1.165) is 52.6 Å². The number of aromatic nitrogens is 4. The van der Waals surface area contributed by atoms with Crippen LogP contribution in [0, 0.1) is 6.92 Å². The standard InChI is InChI=1S/C22H21N5OS/c1-14-19(29-21(24-14)18-10-4-5-11-23-18)22(28)27-12-6-7-15(13-27)20-25-16-8-2-3-9-17(16)26-20/h2-5,8-11,15H,6-7,12-13H2,1H3,(H,25,26). The molecule has 1 amide bonds. The molecule has 146 valence electrons. The minimum absolute atomic E-state index is 0.0583. The van der Waals surface area contributed by atoms with Crippen LogP contribution in [0.3, 0.4) is 0 Å². The smallest absolute Gasteiger partial charge is 0.265 e. The third kappa shape index (κ3) is 3.42. The zero-order chi connectivity index (χ0) is 19.8. The van der Waals surface area contributed by atoms with Crippen LogP contribution in [-0.2, 0) is 0 Å². The van der Waals surface area contributed by atoms with Gasteiger partial charge < -0.3 is 9.88 Å². The maximum atomic E-state index is 13.3. The number of thiazole rings is 1. The van der Waals surface area contributed by atoms with Crippen LogP contribution >= 0.6 is 11.3 Å². The molecule has 1 aliphatic heterocycles. The first kappa shape index (κ1) is 18.0. The maximum absolute atomic E-state index is 13.3. The fraction of sp³-hybridized carbons (Fsp3) is 0.273. The Morgan fingerprint density at radius 3 is 2.86 bits per heavy atom. The van der Waals surface area contributed by atoms with Crippen molar-refractivity contribution in [1.82, 2.24) is 24.8 Å². The molecule has 3 aromatic heterocycles. The van der Waals surface area contributed by atoms with Gasteiger partial charge in [0.25, 0.3) is 5.91 Å². The molecule has 4 aromatic rings. The molecule has 1 fully saturated rings. The fourth-order valence-corrected chi connectivity index (χ4v) is 4.90. The molecular formula is C22H21N5OS. The number of rotatable bonds is 3. The van der Waals surface area contributed by atoms with Gasteiger partial charge >= 0.3 is 0 Å². The van der Waals surface area contributed by atoms with Gasteiger partial charge in [-0.05, 0) is 44.0 Å². The summed E-state index contributed by atoms with van der Waals surface area (Å²) in [6.07, 6.45) is 3.75. The second-order valence-electron chi connectivity index (χ2n) is 7.38. The Bertz CT molecular complexity index is 1130. The zero-order valence-electron chi connectivity index (χ0n) is 16.1. The molecule has 6 nitrogen and oxygen atoms in total. The van der Waals surface area contributed by atoms with Gasteiger partial charge in [0.2, 0.25) is 0 Å². The second-order valence-corrected chi connectivity index (χ2v) is 8.38. The summed E-state index contributed by atoms with van der Waals surface area (Å²) in [5, 5.41) is 0.789. The predicted molar refractivity (Wildman–Crippen MR) is 114 cm³/mol. The van der Waals surface area contributed by atoms with Gasteiger partial charge in [-0.1, -0.05) is 18.2 Å². The summed E-state index contributed by atoms with van der Waals surface area (Å²) in [6.45, 7) is 3.34. The molecule has 1 unspecified atom stereocenters. The van der Waals surface area contributed by atoms with Gasteiger partial charge in [0, 0.05) is 25.2 Å². The van der Waals surface area contributed by atoms with Crippen LogP contribution in [0.15, 0.2) is 48.7 Å². The van der Waals surface area contributed by atoms with E-state index >= 15 is 0 Å². The van der Waals surface area contributed by atoms with E-state index < -0.39 is 0 Å². The number of carbonyl (C=O) groups is 1. The topological polar surface area (TPSA) is 74.8 Å². The van der Waals surface area contributed by atoms with Gasteiger partial charge in [-0.3, -0.25) is 9.78 Å². The number of para-hydroxylation sites is 2. The average molecular weight is 404 g/mol. The van der Waals surface area contributed by atoms with Crippen LogP contribution in [0.4, 0.5) is 0 Å². The number of amides is 1. The summed E-state index contributed by atoms with van der Waals surface area (Å²) in [4.78, 5) is 33.1. The van der Waals surface area contributed by atoms with E-state index in [9.17, 15) is 4.79 Å². The molecule has 1 saturated heterocycles. The minimum Gasteiger partial charge on any atom is -0.342 e. The van der Waals surface area contributed by atoms with E-state index in [1.807, 2.05) is 54.3 Å². The van der Waals surface area contributed by atoms with Crippen molar-refractivity contribution in [1.29, 1.82) is 0 Å². The van der Waals surface area contributed by atoms with Crippen LogP contribution in [0.2, 0.25) is 0 Å². The number of fused-ring (bicyclic) bond motifs is 1. The lowest BCUT2D eigenvalue weighted by molar-refractivity contribution is 0.0709. The number of likely N-dealkylation sites (tertiary alicyclic amines) is 1. The molecule has 29 heavy (non-hydrogen) atoms. The number of nitrogens with zero attached hydrogens (tertiary/aromatic N) is 4. The van der Waals surface area contributed by atoms with Crippen molar-refractivity contribution in [2.24, 2.45) is 0 Å². The van der Waals surface area contributed by atoms with E-state index in [1.165, 1.54) is 11.3 Å². The predicted octanol–water partition coefficient (Wildman–Crippen LogP) is 4.41. The van der Waals surface area contributed by atoms with Crippen LogP contribution in [0.1, 0.15) is 39.9 Å². The number of H-pyrrole nitrogens is 1. The molecule has 7 heteroatoms. The molecule has 0 aliphatic carbocycles. The summed E-state index contributed by atoms with van der Waals surface area (Å²) in [7, 11) is 0. The van der Waals surface area contributed by atoms with Crippen molar-refractivity contribution < 1.29 is 4.79 Å². The van der Waals surface area contributed by atoms with Gasteiger partial charge in [0.15, 0.2) is 0 Å². The van der Waals surface area contributed by atoms with Crippen LogP contribution in [-0.4, -0.2) is 43.8 Å². The van der Waals surface area contributed by atoms with E-state index in [-0.39, 0.29) is 11.8 Å². The first-order chi connectivity index (χ1) is 14.2. The van der Waals surface area contributed by atoms with E-state index in [0.29, 0.717) is 11.4 Å². The molecule has 1 aromatic carbocycles. The molecule has 4 heterocycles. The quantitative estimate of drug-likeness (QED) is 0.550. The Balaban J connectivity index is 1.38. The molecule has 0 saturated carbocycles. The van der Waals surface area contributed by atoms with Crippen molar-refractivity contribution in [3.8, 4) is 10.7 Å². The molecule has 0 spiro atoms. The highest BCUT2D eigenvalue weighted by atomic mass is 32.1. The van der Waals surface area contributed by atoms with Crippen LogP contribution in [0.25, 0.3) is 21.7 Å². The van der Waals surface area contributed by atoms with E-state index in [2.05, 4.69) is 15.0 Å². The summed E-state index contributed by atoms with van der Waals surface area (Å²) in [5.41, 5.74) is 3.60. The lowest BCUT2D eigenvalue weighted by atomic mass is 9.97. The number of aromatic amines is 1. The third-order valence-electron chi connectivity index (χ3n) is 5.38. The number of pyridine rings is 1. The van der Waals surface area contributed by atoms with Crippen molar-refractivity contribution in [3.05, 3.63) is 65.1 Å². The lowest BCUT2D eigenvalue weighted by Crippen LogP contribution is -2.39. The highest BCUT2D eigenvalue weighted by Crippen LogP contribution is 2.31. The van der Waals surface area contributed by atoms with E-state index in [4.69, 9.17) is 4.98 Å². The van der Waals surface area contributed by atoms with Crippen molar-refractivity contribution in [3.63, 3.8) is 0 Å². The third-order valence-corrected chi connectivity index (χ3v) is 6.55. The Morgan fingerprint density at radius 1 is 1.17 bits per heavy atom. The second kappa shape index (κ2) is 7.40. The first-order valence-corrected chi connectivity index (χ1v) is 10.6. The Morgan fingerprint density at radius 2 is 2.03 bits per heavy atom. The zero-order valence-corrected chi connectivity index (χ0v) is 16.9. The van der Waals surface area contributed by atoms with Gasteiger partial charge in [0.1, 0.15) is 15.7 Å². The molecular weight excluding hydrogens is 382 g/mol. The molecule has 0 radical (unpaired) electrons. The SMILES string of the molecule is Cc1nc(-c2ccccn2)sc1C(=O)N1CCCC(c2nc3ccccc3[nH]2)C1. The normalized spacial score (nSPS) is 17.0. The van der Waals surface area contributed by atoms with Gasteiger partial charge in [-0.2, -0.15) is 0 Å². The Hall–Kier alpha value is -3.06.